The molecule has 0 aliphatic heterocycles. The van der Waals surface area contributed by atoms with Crippen LogP contribution in [0.15, 0.2) is 95.9 Å². The normalized spacial score (nSPS) is 10.6. The summed E-state index contributed by atoms with van der Waals surface area (Å²) in [7, 11) is 0. The Hall–Kier alpha value is -3.39. The predicted molar refractivity (Wildman–Crippen MR) is 107 cm³/mol. The minimum atomic E-state index is 0.652. The van der Waals surface area contributed by atoms with Gasteiger partial charge in [-0.3, -0.25) is 0 Å². The van der Waals surface area contributed by atoms with Crippen LogP contribution in [0.3, 0.4) is 0 Å². The smallest absolute Gasteiger partial charge is 0.227 e. The Labute approximate surface area is 153 Å². The van der Waals surface area contributed by atoms with Crippen LogP contribution in [-0.2, 0) is 6.42 Å². The fourth-order valence-corrected chi connectivity index (χ4v) is 2.96. The third-order valence-electron chi connectivity index (χ3n) is 4.34. The van der Waals surface area contributed by atoms with Crippen molar-refractivity contribution in [3.8, 4) is 22.8 Å². The zero-order chi connectivity index (χ0) is 17.8. The van der Waals surface area contributed by atoms with Crippen molar-refractivity contribution in [2.24, 2.45) is 0 Å². The molecule has 26 heavy (non-hydrogen) atoms. The largest absolute Gasteiger partial charge is 0.436 e. The summed E-state index contributed by atoms with van der Waals surface area (Å²) in [6.45, 7) is 3.81. The first-order chi connectivity index (χ1) is 12.8. The molecule has 0 bridgehead atoms. The highest BCUT2D eigenvalue weighted by atomic mass is 16.4. The molecule has 126 valence electrons. The average molecular weight is 337 g/mol. The van der Waals surface area contributed by atoms with Gasteiger partial charge in [-0.2, -0.15) is 0 Å². The van der Waals surface area contributed by atoms with Crippen molar-refractivity contribution in [1.29, 1.82) is 0 Å². The van der Waals surface area contributed by atoms with Crippen LogP contribution in [0, 0.1) is 0 Å². The molecule has 0 amide bonds. The highest BCUT2D eigenvalue weighted by Gasteiger charge is 2.16. The van der Waals surface area contributed by atoms with Crippen molar-refractivity contribution in [3.05, 3.63) is 108 Å². The third-order valence-corrected chi connectivity index (χ3v) is 4.34. The molecule has 0 atom stereocenters. The number of aromatic nitrogens is 1. The van der Waals surface area contributed by atoms with Gasteiger partial charge in [-0.05, 0) is 23.3 Å². The molecule has 2 heteroatoms. The fraction of sp³-hybridized carbons (Fsp3) is 0.0417. The lowest BCUT2D eigenvalue weighted by Gasteiger charge is -2.02. The molecule has 0 aliphatic carbocycles. The van der Waals surface area contributed by atoms with Crippen LogP contribution >= 0.6 is 0 Å². The van der Waals surface area contributed by atoms with E-state index in [-0.39, 0.29) is 0 Å². The predicted octanol–water partition coefficient (Wildman–Crippen LogP) is 6.24. The van der Waals surface area contributed by atoms with Gasteiger partial charge >= 0.3 is 0 Å². The molecule has 0 fully saturated rings. The zero-order valence-corrected chi connectivity index (χ0v) is 14.4. The Balaban J connectivity index is 1.79. The summed E-state index contributed by atoms with van der Waals surface area (Å²) in [6.07, 6.45) is 2.57. The van der Waals surface area contributed by atoms with Gasteiger partial charge in [0.15, 0.2) is 5.76 Å². The second-order valence-corrected chi connectivity index (χ2v) is 6.15. The van der Waals surface area contributed by atoms with Gasteiger partial charge in [0.1, 0.15) is 0 Å². The molecule has 0 spiro atoms. The summed E-state index contributed by atoms with van der Waals surface area (Å²) in [5.41, 5.74) is 5.25. The lowest BCUT2D eigenvalue weighted by molar-refractivity contribution is 0.587. The van der Waals surface area contributed by atoms with Gasteiger partial charge in [-0.25, -0.2) is 4.98 Å². The van der Waals surface area contributed by atoms with Crippen molar-refractivity contribution < 1.29 is 4.42 Å². The quantitative estimate of drug-likeness (QED) is 0.430. The maximum Gasteiger partial charge on any atom is 0.227 e. The maximum atomic E-state index is 6.20. The van der Waals surface area contributed by atoms with Gasteiger partial charge in [0.05, 0.1) is 5.69 Å². The molecule has 2 nitrogen and oxygen atoms in total. The first kappa shape index (κ1) is 16.1. The Morgan fingerprint density at radius 1 is 0.769 bits per heavy atom. The Bertz CT molecular complexity index is 999. The van der Waals surface area contributed by atoms with Gasteiger partial charge in [-0.1, -0.05) is 85.5 Å². The van der Waals surface area contributed by atoms with Crippen molar-refractivity contribution in [2.45, 2.75) is 6.42 Å². The number of oxazole rings is 1. The molecule has 4 aromatic rings. The summed E-state index contributed by atoms with van der Waals surface area (Å²) in [5.74, 6) is 1.47. The number of benzene rings is 3. The van der Waals surface area contributed by atoms with E-state index in [1.54, 1.807) is 0 Å². The minimum Gasteiger partial charge on any atom is -0.436 e. The average Bonchev–Trinajstić information content (AvgIpc) is 3.13. The first-order valence-corrected chi connectivity index (χ1v) is 8.65. The van der Waals surface area contributed by atoms with E-state index in [9.17, 15) is 0 Å². The molecule has 3 aromatic carbocycles. The van der Waals surface area contributed by atoms with E-state index < -0.39 is 0 Å². The number of hydrogen-bond donors (Lipinski definition) is 0. The highest BCUT2D eigenvalue weighted by Crippen LogP contribution is 2.31. The molecule has 0 saturated carbocycles. The Morgan fingerprint density at radius 3 is 2.08 bits per heavy atom. The van der Waals surface area contributed by atoms with E-state index in [1.807, 2.05) is 66.7 Å². The molecule has 0 aliphatic rings. The number of nitrogens with zero attached hydrogens (tertiary/aromatic N) is 1. The summed E-state index contributed by atoms with van der Waals surface area (Å²) >= 11 is 0. The van der Waals surface area contributed by atoms with Crippen molar-refractivity contribution in [3.63, 3.8) is 0 Å². The van der Waals surface area contributed by atoms with Crippen LogP contribution < -0.4 is 0 Å². The minimum absolute atomic E-state index is 0.652. The standard InChI is InChI=1S/C24H19NO/c1-2-18-13-15-20(16-14-18)23-22(17-19-9-5-3-6-10-19)25-24(26-23)21-11-7-4-8-12-21/h2-16H,1,17H2. The molecule has 0 radical (unpaired) electrons. The van der Waals surface area contributed by atoms with Crippen LogP contribution in [-0.4, -0.2) is 4.98 Å². The summed E-state index contributed by atoms with van der Waals surface area (Å²) in [4.78, 5) is 4.81. The molecular formula is C24H19NO. The second kappa shape index (κ2) is 7.24. The topological polar surface area (TPSA) is 26.0 Å². The van der Waals surface area contributed by atoms with E-state index in [4.69, 9.17) is 9.40 Å². The summed E-state index contributed by atoms with van der Waals surface area (Å²) in [5, 5.41) is 0. The van der Waals surface area contributed by atoms with Gasteiger partial charge < -0.3 is 4.42 Å². The molecule has 4 rings (SSSR count). The summed E-state index contributed by atoms with van der Waals surface area (Å²) < 4.78 is 6.20. The SMILES string of the molecule is C=Cc1ccc(-c2oc(-c3ccccc3)nc2Cc2ccccc2)cc1. The monoisotopic (exact) mass is 337 g/mol. The van der Waals surface area contributed by atoms with Crippen molar-refractivity contribution >= 4 is 6.08 Å². The third kappa shape index (κ3) is 3.35. The maximum absolute atomic E-state index is 6.20. The van der Waals surface area contributed by atoms with Crippen LogP contribution in [0.4, 0.5) is 0 Å². The molecule has 0 N–H and O–H groups in total. The Morgan fingerprint density at radius 2 is 1.42 bits per heavy atom. The Kier molecular flexibility index (Phi) is 4.48. The lowest BCUT2D eigenvalue weighted by Crippen LogP contribution is -1.91. The zero-order valence-electron chi connectivity index (χ0n) is 14.4. The van der Waals surface area contributed by atoms with Crippen LogP contribution in [0.1, 0.15) is 16.8 Å². The van der Waals surface area contributed by atoms with Crippen LogP contribution in [0.25, 0.3) is 28.9 Å². The van der Waals surface area contributed by atoms with E-state index in [1.165, 1.54) is 5.56 Å². The molecular weight excluding hydrogens is 318 g/mol. The summed E-state index contributed by atoms with van der Waals surface area (Å²) in [6, 6.07) is 28.6. The van der Waals surface area contributed by atoms with Crippen LogP contribution in [0.5, 0.6) is 0 Å². The molecule has 1 aromatic heterocycles. The van der Waals surface area contributed by atoms with E-state index in [0.717, 1.165) is 34.6 Å². The number of rotatable bonds is 5. The molecule has 1 heterocycles. The first-order valence-electron chi connectivity index (χ1n) is 8.65. The number of hydrogen-bond acceptors (Lipinski definition) is 2. The van der Waals surface area contributed by atoms with Gasteiger partial charge in [0.25, 0.3) is 0 Å². The molecule has 0 unspecified atom stereocenters. The van der Waals surface area contributed by atoms with Crippen molar-refractivity contribution in [2.75, 3.05) is 0 Å². The van der Waals surface area contributed by atoms with E-state index >= 15 is 0 Å². The highest BCUT2D eigenvalue weighted by molar-refractivity contribution is 5.66. The van der Waals surface area contributed by atoms with E-state index in [2.05, 4.69) is 30.8 Å². The second-order valence-electron chi connectivity index (χ2n) is 6.15. The lowest BCUT2D eigenvalue weighted by atomic mass is 10.0. The van der Waals surface area contributed by atoms with Crippen molar-refractivity contribution in [1.82, 2.24) is 4.98 Å². The molecule has 0 saturated heterocycles. The van der Waals surface area contributed by atoms with Gasteiger partial charge in [-0.15, -0.1) is 0 Å². The van der Waals surface area contributed by atoms with E-state index in [0.29, 0.717) is 5.89 Å². The van der Waals surface area contributed by atoms with Crippen LogP contribution in [0.2, 0.25) is 0 Å². The fourth-order valence-electron chi connectivity index (χ4n) is 2.96. The van der Waals surface area contributed by atoms with Gasteiger partial charge in [0.2, 0.25) is 5.89 Å². The van der Waals surface area contributed by atoms with Gasteiger partial charge in [0, 0.05) is 17.5 Å².